The van der Waals surface area contributed by atoms with Gasteiger partial charge in [-0.25, -0.2) is 4.68 Å². The minimum atomic E-state index is -0.894. The van der Waals surface area contributed by atoms with Crippen LogP contribution in [-0.2, 0) is 16.1 Å². The van der Waals surface area contributed by atoms with Crippen LogP contribution in [0.2, 0.25) is 0 Å². The molecular weight excluding hydrogens is 466 g/mol. The van der Waals surface area contributed by atoms with Crippen molar-refractivity contribution in [1.29, 1.82) is 0 Å². The van der Waals surface area contributed by atoms with Gasteiger partial charge in [0.2, 0.25) is 11.8 Å². The van der Waals surface area contributed by atoms with Crippen molar-refractivity contribution in [3.8, 4) is 5.69 Å². The van der Waals surface area contributed by atoms with Crippen LogP contribution in [0.3, 0.4) is 0 Å². The highest BCUT2D eigenvalue weighted by atomic mass is 16.3. The number of aliphatic hydroxyl groups is 1. The van der Waals surface area contributed by atoms with E-state index >= 15 is 0 Å². The number of unbranched alkanes of at least 4 members (excludes halogenated alkanes) is 1. The number of aryl methyl sites for hydroxylation is 2. The highest BCUT2D eigenvalue weighted by Crippen LogP contribution is 2.35. The van der Waals surface area contributed by atoms with Crippen molar-refractivity contribution in [2.75, 3.05) is 19.6 Å². The van der Waals surface area contributed by atoms with Crippen LogP contribution in [0.25, 0.3) is 5.69 Å². The molecule has 2 unspecified atom stereocenters. The number of likely N-dealkylation sites (tertiary alicyclic amines) is 1. The maximum absolute atomic E-state index is 13.5. The molecule has 0 aliphatic carbocycles. The van der Waals surface area contributed by atoms with Crippen molar-refractivity contribution in [1.82, 2.24) is 24.9 Å². The Balaban J connectivity index is 1.51. The lowest BCUT2D eigenvalue weighted by Gasteiger charge is -2.52. The molecule has 0 saturated carbocycles. The van der Waals surface area contributed by atoms with Gasteiger partial charge in [-0.3, -0.25) is 14.5 Å². The molecule has 8 nitrogen and oxygen atoms in total. The van der Waals surface area contributed by atoms with Crippen LogP contribution >= 0.6 is 0 Å². The number of hydrogen-bond acceptors (Lipinski definition) is 5. The van der Waals surface area contributed by atoms with Crippen molar-refractivity contribution in [2.24, 2.45) is 5.92 Å². The number of nitrogens with one attached hydrogen (secondary N) is 1. The van der Waals surface area contributed by atoms with E-state index in [9.17, 15) is 14.7 Å². The van der Waals surface area contributed by atoms with Crippen LogP contribution in [0.4, 0.5) is 0 Å². The lowest BCUT2D eigenvalue weighted by atomic mass is 9.80. The molecule has 8 heteroatoms. The van der Waals surface area contributed by atoms with Gasteiger partial charge < -0.3 is 15.3 Å². The molecule has 2 atom stereocenters. The van der Waals surface area contributed by atoms with Crippen molar-refractivity contribution in [3.05, 3.63) is 46.8 Å². The summed E-state index contributed by atoms with van der Waals surface area (Å²) in [6, 6.07) is 7.51. The zero-order chi connectivity index (χ0) is 26.9. The Kier molecular flexibility index (Phi) is 8.09. The molecule has 202 valence electrons. The summed E-state index contributed by atoms with van der Waals surface area (Å²) in [4.78, 5) is 31.2. The van der Waals surface area contributed by atoms with Crippen LogP contribution in [0, 0.1) is 26.7 Å². The van der Waals surface area contributed by atoms with Crippen molar-refractivity contribution >= 4 is 11.8 Å². The molecule has 2 aliphatic rings. The summed E-state index contributed by atoms with van der Waals surface area (Å²) in [5, 5.41) is 18.4. The van der Waals surface area contributed by atoms with Crippen molar-refractivity contribution in [2.45, 2.75) is 91.5 Å². The van der Waals surface area contributed by atoms with Gasteiger partial charge in [-0.2, -0.15) is 5.10 Å². The number of benzene rings is 1. The average molecular weight is 510 g/mol. The Bertz CT molecular complexity index is 1120. The van der Waals surface area contributed by atoms with Gasteiger partial charge >= 0.3 is 0 Å². The van der Waals surface area contributed by atoms with Crippen LogP contribution in [-0.4, -0.2) is 73.8 Å². The largest absolute Gasteiger partial charge is 0.390 e. The zero-order valence-corrected chi connectivity index (χ0v) is 23.3. The van der Waals surface area contributed by atoms with E-state index in [1.54, 1.807) is 4.90 Å². The van der Waals surface area contributed by atoms with Gasteiger partial charge in [0.05, 0.1) is 17.5 Å². The number of carbonyl (C=O) groups is 2. The number of carbonyl (C=O) groups excluding carboxylic acids is 2. The fourth-order valence-corrected chi connectivity index (χ4v) is 5.74. The lowest BCUT2D eigenvalue weighted by Crippen LogP contribution is -2.74. The molecule has 2 N–H and O–H groups in total. The molecule has 4 rings (SSSR count). The molecule has 1 aromatic carbocycles. The summed E-state index contributed by atoms with van der Waals surface area (Å²) in [7, 11) is 0. The first-order valence-electron chi connectivity index (χ1n) is 13.7. The minimum Gasteiger partial charge on any atom is -0.390 e. The summed E-state index contributed by atoms with van der Waals surface area (Å²) in [6.07, 6.45) is 2.06. The smallest absolute Gasteiger partial charge is 0.248 e. The van der Waals surface area contributed by atoms with Gasteiger partial charge in [-0.05, 0) is 58.1 Å². The predicted octanol–water partition coefficient (Wildman–Crippen LogP) is 3.28. The van der Waals surface area contributed by atoms with Gasteiger partial charge in [0.25, 0.3) is 0 Å². The summed E-state index contributed by atoms with van der Waals surface area (Å²) >= 11 is 0. The third kappa shape index (κ3) is 5.18. The Morgan fingerprint density at radius 3 is 2.35 bits per heavy atom. The number of rotatable bonds is 8. The highest BCUT2D eigenvalue weighted by Gasteiger charge is 2.54. The second-order valence-electron chi connectivity index (χ2n) is 11.2. The third-order valence-electron chi connectivity index (χ3n) is 8.30. The summed E-state index contributed by atoms with van der Waals surface area (Å²) in [5.74, 6) is -0.383. The summed E-state index contributed by atoms with van der Waals surface area (Å²) in [5.41, 5.74) is 4.78. The minimum absolute atomic E-state index is 0.118. The van der Waals surface area contributed by atoms with E-state index in [0.29, 0.717) is 19.4 Å². The maximum atomic E-state index is 13.5. The molecule has 2 fully saturated rings. The van der Waals surface area contributed by atoms with Gasteiger partial charge in [0.1, 0.15) is 11.6 Å². The van der Waals surface area contributed by atoms with E-state index in [1.807, 2.05) is 18.5 Å². The van der Waals surface area contributed by atoms with E-state index in [-0.39, 0.29) is 17.7 Å². The molecule has 1 aromatic heterocycles. The predicted molar refractivity (Wildman–Crippen MR) is 144 cm³/mol. The highest BCUT2D eigenvalue weighted by molar-refractivity contribution is 6.00. The molecule has 3 heterocycles. The Labute approximate surface area is 221 Å². The molecule has 2 aliphatic heterocycles. The molecule has 2 amide bonds. The Morgan fingerprint density at radius 1 is 1.11 bits per heavy atom. The SMILES string of the molecule is CCCCN1C(=O)C(C(O)C(C)C)NC(=O)C12CCN(Cc1c(C)nn(-c3ccc(C)cc3)c1C)CC2. The normalized spacial score (nSPS) is 21.1. The van der Waals surface area contributed by atoms with Crippen LogP contribution in [0.5, 0.6) is 0 Å². The number of aliphatic hydroxyl groups excluding tert-OH is 1. The van der Waals surface area contributed by atoms with E-state index in [2.05, 4.69) is 62.2 Å². The topological polar surface area (TPSA) is 90.7 Å². The Morgan fingerprint density at radius 2 is 1.76 bits per heavy atom. The monoisotopic (exact) mass is 509 g/mol. The van der Waals surface area contributed by atoms with Crippen LogP contribution < -0.4 is 5.32 Å². The Hall–Kier alpha value is -2.71. The number of aromatic nitrogens is 2. The van der Waals surface area contributed by atoms with E-state index < -0.39 is 17.7 Å². The fraction of sp³-hybridized carbons (Fsp3) is 0.621. The first kappa shape index (κ1) is 27.3. The number of piperazine rings is 1. The second-order valence-corrected chi connectivity index (χ2v) is 11.2. The van der Waals surface area contributed by atoms with Gasteiger partial charge in [0, 0.05) is 37.4 Å². The summed E-state index contributed by atoms with van der Waals surface area (Å²) in [6.45, 7) is 14.8. The zero-order valence-electron chi connectivity index (χ0n) is 23.3. The number of hydrogen-bond donors (Lipinski definition) is 2. The van der Waals surface area contributed by atoms with E-state index in [1.165, 1.54) is 11.1 Å². The maximum Gasteiger partial charge on any atom is 0.248 e. The molecule has 1 spiro atoms. The standard InChI is InChI=1S/C29H43N5O3/c1-7-8-15-33-27(36)25(26(35)19(2)3)30-28(37)29(33)13-16-32(17-14-29)18-24-21(5)31-34(22(24)6)23-11-9-20(4)10-12-23/h9-12,19,25-26,35H,7-8,13-18H2,1-6H3,(H,30,37). The van der Waals surface area contributed by atoms with Crippen LogP contribution in [0.15, 0.2) is 24.3 Å². The van der Waals surface area contributed by atoms with Gasteiger partial charge in [-0.1, -0.05) is 44.9 Å². The first-order chi connectivity index (χ1) is 17.6. The van der Waals surface area contributed by atoms with Crippen molar-refractivity contribution in [3.63, 3.8) is 0 Å². The van der Waals surface area contributed by atoms with Gasteiger partial charge in [0.15, 0.2) is 0 Å². The quantitative estimate of drug-likeness (QED) is 0.570. The molecule has 37 heavy (non-hydrogen) atoms. The second kappa shape index (κ2) is 11.0. The third-order valence-corrected chi connectivity index (χ3v) is 8.30. The van der Waals surface area contributed by atoms with Gasteiger partial charge in [-0.15, -0.1) is 0 Å². The summed E-state index contributed by atoms with van der Waals surface area (Å²) < 4.78 is 2.01. The van der Waals surface area contributed by atoms with Crippen molar-refractivity contribution < 1.29 is 14.7 Å². The molecular formula is C29H43N5O3. The number of nitrogens with zero attached hydrogens (tertiary/aromatic N) is 4. The molecule has 2 saturated heterocycles. The van der Waals surface area contributed by atoms with Crippen LogP contribution in [0.1, 0.15) is 69.0 Å². The molecule has 2 aromatic rings. The fourth-order valence-electron chi connectivity index (χ4n) is 5.74. The number of amides is 2. The number of piperidine rings is 1. The molecule has 0 bridgehead atoms. The first-order valence-corrected chi connectivity index (χ1v) is 13.7. The molecule has 0 radical (unpaired) electrons. The average Bonchev–Trinajstić information content (AvgIpc) is 3.15. The van der Waals surface area contributed by atoms with E-state index in [0.717, 1.165) is 49.6 Å². The lowest BCUT2D eigenvalue weighted by molar-refractivity contribution is -0.165. The van der Waals surface area contributed by atoms with E-state index in [4.69, 9.17) is 5.10 Å².